The van der Waals surface area contributed by atoms with Crippen LogP contribution in [0.2, 0.25) is 0 Å². The molecule has 1 aliphatic carbocycles. The molecule has 1 heterocycles. The van der Waals surface area contributed by atoms with Gasteiger partial charge in [0.2, 0.25) is 0 Å². The van der Waals surface area contributed by atoms with E-state index >= 15 is 0 Å². The Balaban J connectivity index is 1.89. The molecule has 0 aliphatic heterocycles. The average Bonchev–Trinajstić information content (AvgIpc) is 2.68. The molecule has 0 amide bonds. The van der Waals surface area contributed by atoms with Gasteiger partial charge in [-0.3, -0.25) is 10.1 Å². The number of benzene rings is 1. The predicted octanol–water partition coefficient (Wildman–Crippen LogP) is 3.58. The van der Waals surface area contributed by atoms with E-state index in [2.05, 4.69) is 38.0 Å². The van der Waals surface area contributed by atoms with Crippen molar-refractivity contribution in [3.63, 3.8) is 0 Å². The molecular formula is C14H17N3O3. The zero-order valence-corrected chi connectivity index (χ0v) is 11.9. The van der Waals surface area contributed by atoms with Gasteiger partial charge in [0.05, 0.1) is 11.0 Å². The first-order valence-electron chi connectivity index (χ1n) is 6.55. The highest BCUT2D eigenvalue weighted by molar-refractivity contribution is 5.77. The van der Waals surface area contributed by atoms with Crippen LogP contribution in [0.4, 0.5) is 11.7 Å². The van der Waals surface area contributed by atoms with Crippen LogP contribution in [0.25, 0.3) is 11.1 Å². The maximum atomic E-state index is 10.7. The minimum atomic E-state index is -0.442. The van der Waals surface area contributed by atoms with Crippen molar-refractivity contribution in [1.82, 2.24) is 4.98 Å². The second-order valence-electron chi connectivity index (χ2n) is 6.45. The summed E-state index contributed by atoms with van der Waals surface area (Å²) >= 11 is 0. The monoisotopic (exact) mass is 275 g/mol. The predicted molar refractivity (Wildman–Crippen MR) is 75.6 cm³/mol. The van der Waals surface area contributed by atoms with Gasteiger partial charge in [0, 0.05) is 12.1 Å². The van der Waals surface area contributed by atoms with Gasteiger partial charge in [-0.05, 0) is 16.9 Å². The number of nitrogens with one attached hydrogen (secondary N) is 1. The second kappa shape index (κ2) is 3.71. The Hall–Kier alpha value is -2.11. The molecule has 0 spiro atoms. The molecule has 6 nitrogen and oxygen atoms in total. The molecular weight excluding hydrogens is 258 g/mol. The fourth-order valence-corrected chi connectivity index (χ4v) is 2.77. The van der Waals surface area contributed by atoms with Crippen molar-refractivity contribution in [2.24, 2.45) is 10.8 Å². The van der Waals surface area contributed by atoms with Crippen LogP contribution < -0.4 is 5.32 Å². The maximum Gasteiger partial charge on any atom is 0.295 e. The highest BCUT2D eigenvalue weighted by Crippen LogP contribution is 2.63. The fourth-order valence-electron chi connectivity index (χ4n) is 2.77. The van der Waals surface area contributed by atoms with Gasteiger partial charge in [-0.15, -0.1) is 0 Å². The number of rotatable bonds is 3. The Bertz CT molecular complexity index is 689. The summed E-state index contributed by atoms with van der Waals surface area (Å²) in [4.78, 5) is 14.6. The molecule has 0 saturated heterocycles. The minimum absolute atomic E-state index is 0.00674. The number of oxazole rings is 1. The molecule has 1 saturated carbocycles. The van der Waals surface area contributed by atoms with Crippen LogP contribution >= 0.6 is 0 Å². The largest absolute Gasteiger partial charge is 0.423 e. The smallest absolute Gasteiger partial charge is 0.295 e. The zero-order valence-electron chi connectivity index (χ0n) is 11.9. The fraction of sp³-hybridized carbons (Fsp3) is 0.500. The maximum absolute atomic E-state index is 10.7. The van der Waals surface area contributed by atoms with Crippen LogP contribution in [0.5, 0.6) is 0 Å². The van der Waals surface area contributed by atoms with Gasteiger partial charge in [0.25, 0.3) is 11.7 Å². The number of nitro groups is 1. The van der Waals surface area contributed by atoms with E-state index in [9.17, 15) is 10.1 Å². The summed E-state index contributed by atoms with van der Waals surface area (Å²) in [5.41, 5.74) is 1.39. The van der Waals surface area contributed by atoms with Gasteiger partial charge in [-0.1, -0.05) is 27.7 Å². The van der Waals surface area contributed by atoms with Crippen LogP contribution in [-0.4, -0.2) is 15.9 Å². The van der Waals surface area contributed by atoms with Crippen molar-refractivity contribution in [1.29, 1.82) is 0 Å². The number of fused-ring (bicyclic) bond motifs is 1. The van der Waals surface area contributed by atoms with Crippen LogP contribution in [-0.2, 0) is 0 Å². The topological polar surface area (TPSA) is 81.2 Å². The third-order valence-corrected chi connectivity index (χ3v) is 4.87. The number of aromatic nitrogens is 1. The third-order valence-electron chi connectivity index (χ3n) is 4.87. The summed E-state index contributed by atoms with van der Waals surface area (Å²) in [5, 5.41) is 14.0. The van der Waals surface area contributed by atoms with E-state index < -0.39 is 4.92 Å². The van der Waals surface area contributed by atoms with E-state index in [1.165, 1.54) is 12.1 Å². The van der Waals surface area contributed by atoms with Gasteiger partial charge in [-0.25, -0.2) is 0 Å². The summed E-state index contributed by atoms with van der Waals surface area (Å²) < 4.78 is 5.57. The van der Waals surface area contributed by atoms with Crippen molar-refractivity contribution >= 4 is 22.8 Å². The molecule has 2 aromatic rings. The van der Waals surface area contributed by atoms with E-state index in [0.717, 1.165) is 0 Å². The quantitative estimate of drug-likeness (QED) is 0.684. The molecule has 106 valence electrons. The first kappa shape index (κ1) is 12.9. The van der Waals surface area contributed by atoms with E-state index in [1.807, 2.05) is 0 Å². The van der Waals surface area contributed by atoms with Crippen molar-refractivity contribution in [3.8, 4) is 0 Å². The number of hydrogen-bond donors (Lipinski definition) is 1. The Morgan fingerprint density at radius 1 is 1.30 bits per heavy atom. The lowest BCUT2D eigenvalue weighted by Crippen LogP contribution is -2.09. The Kier molecular flexibility index (Phi) is 2.39. The molecule has 1 aromatic carbocycles. The van der Waals surface area contributed by atoms with Crippen LogP contribution in [0, 0.1) is 20.9 Å². The number of nitrogens with zero attached hydrogens (tertiary/aromatic N) is 2. The molecule has 0 atom stereocenters. The molecule has 0 radical (unpaired) electrons. The van der Waals surface area contributed by atoms with Gasteiger partial charge < -0.3 is 9.73 Å². The molecule has 1 aromatic heterocycles. The van der Waals surface area contributed by atoms with Crippen molar-refractivity contribution in [2.75, 3.05) is 5.32 Å². The lowest BCUT2D eigenvalue weighted by Gasteiger charge is -2.02. The van der Waals surface area contributed by atoms with E-state index in [0.29, 0.717) is 17.1 Å². The summed E-state index contributed by atoms with van der Waals surface area (Å²) in [6.07, 6.45) is 0. The normalized spacial score (nSPS) is 20.0. The minimum Gasteiger partial charge on any atom is -0.423 e. The van der Waals surface area contributed by atoms with E-state index in [4.69, 9.17) is 4.42 Å². The molecule has 1 aliphatic rings. The van der Waals surface area contributed by atoms with Gasteiger partial charge in [0.15, 0.2) is 5.58 Å². The summed E-state index contributed by atoms with van der Waals surface area (Å²) in [5.74, 6) is 0. The molecule has 1 fully saturated rings. The van der Waals surface area contributed by atoms with Crippen molar-refractivity contribution in [3.05, 3.63) is 28.3 Å². The number of non-ortho nitro benzene ring substituents is 1. The molecule has 20 heavy (non-hydrogen) atoms. The SMILES string of the molecule is CC1(C)C(Nc2nc3ccc([N+](=O)[O-])cc3o2)C1(C)C. The Morgan fingerprint density at radius 2 is 1.95 bits per heavy atom. The van der Waals surface area contributed by atoms with E-state index in [-0.39, 0.29) is 22.6 Å². The lowest BCUT2D eigenvalue weighted by atomic mass is 10.0. The average molecular weight is 275 g/mol. The lowest BCUT2D eigenvalue weighted by molar-refractivity contribution is -0.384. The van der Waals surface area contributed by atoms with Gasteiger partial charge >= 0.3 is 0 Å². The van der Waals surface area contributed by atoms with Crippen molar-refractivity contribution in [2.45, 2.75) is 33.7 Å². The highest BCUT2D eigenvalue weighted by atomic mass is 16.6. The van der Waals surface area contributed by atoms with E-state index in [1.54, 1.807) is 6.07 Å². The van der Waals surface area contributed by atoms with Crippen LogP contribution in [0.1, 0.15) is 27.7 Å². The Labute approximate surface area is 116 Å². The molecule has 6 heteroatoms. The summed E-state index contributed by atoms with van der Waals surface area (Å²) in [6, 6.07) is 5.13. The number of nitro benzene ring substituents is 1. The Morgan fingerprint density at radius 3 is 2.50 bits per heavy atom. The van der Waals surface area contributed by atoms with Gasteiger partial charge in [0.1, 0.15) is 5.52 Å². The van der Waals surface area contributed by atoms with Crippen LogP contribution in [0.15, 0.2) is 22.6 Å². The molecule has 0 bridgehead atoms. The van der Waals surface area contributed by atoms with Crippen LogP contribution in [0.3, 0.4) is 0 Å². The number of hydrogen-bond acceptors (Lipinski definition) is 5. The number of anilines is 1. The standard InChI is InChI=1S/C14H17N3O3/c1-13(2)11(14(13,3)4)16-12-15-9-6-5-8(17(18)19)7-10(9)20-12/h5-7,11H,1-4H3,(H,15,16). The summed E-state index contributed by atoms with van der Waals surface area (Å²) in [6.45, 7) is 8.77. The zero-order chi connectivity index (χ0) is 14.7. The summed E-state index contributed by atoms with van der Waals surface area (Å²) in [7, 11) is 0. The van der Waals surface area contributed by atoms with Crippen molar-refractivity contribution < 1.29 is 9.34 Å². The molecule has 3 rings (SSSR count). The third kappa shape index (κ3) is 1.67. The first-order valence-corrected chi connectivity index (χ1v) is 6.55. The first-order chi connectivity index (χ1) is 9.23. The highest BCUT2D eigenvalue weighted by Gasteiger charge is 2.65. The van der Waals surface area contributed by atoms with Gasteiger partial charge in [-0.2, -0.15) is 4.98 Å². The molecule has 1 N–H and O–H groups in total. The molecule has 0 unspecified atom stereocenters. The second-order valence-corrected chi connectivity index (χ2v) is 6.45.